The second-order valence-corrected chi connectivity index (χ2v) is 7.65. The van der Waals surface area contributed by atoms with Crippen LogP contribution in [0.25, 0.3) is 0 Å². The Kier molecular flexibility index (Phi) is 3.31. The molecule has 3 aliphatic carbocycles. The van der Waals surface area contributed by atoms with E-state index in [2.05, 4.69) is 24.4 Å². The molecule has 3 saturated carbocycles. The molecule has 2 heteroatoms. The lowest BCUT2D eigenvalue weighted by molar-refractivity contribution is 0.208. The lowest BCUT2D eigenvalue weighted by Gasteiger charge is -2.32. The van der Waals surface area contributed by atoms with E-state index < -0.39 is 0 Å². The monoisotopic (exact) mass is 289 g/mol. The first-order chi connectivity index (χ1) is 9.72. The van der Waals surface area contributed by atoms with E-state index in [1.54, 1.807) is 0 Å². The first-order valence-electron chi connectivity index (χ1n) is 8.21. The molecule has 3 aliphatic rings. The van der Waals surface area contributed by atoms with Crippen molar-refractivity contribution in [3.63, 3.8) is 0 Å². The van der Waals surface area contributed by atoms with Crippen molar-refractivity contribution >= 4 is 11.6 Å². The summed E-state index contributed by atoms with van der Waals surface area (Å²) in [6.45, 7) is 3.17. The third kappa shape index (κ3) is 2.10. The maximum Gasteiger partial charge on any atom is 0.0408 e. The van der Waals surface area contributed by atoms with Crippen molar-refractivity contribution in [3.05, 3.63) is 34.3 Å². The Balaban J connectivity index is 1.41. The van der Waals surface area contributed by atoms with E-state index in [1.807, 2.05) is 6.07 Å². The zero-order valence-electron chi connectivity index (χ0n) is 12.2. The average Bonchev–Trinajstić information content (AvgIpc) is 3.10. The third-order valence-corrected chi connectivity index (χ3v) is 6.52. The predicted molar refractivity (Wildman–Crippen MR) is 83.9 cm³/mol. The highest BCUT2D eigenvalue weighted by Crippen LogP contribution is 2.58. The average molecular weight is 290 g/mol. The molecule has 2 bridgehead atoms. The van der Waals surface area contributed by atoms with E-state index in [0.29, 0.717) is 0 Å². The molecule has 1 N–H and O–H groups in total. The summed E-state index contributed by atoms with van der Waals surface area (Å²) in [5, 5.41) is 4.71. The van der Waals surface area contributed by atoms with Gasteiger partial charge in [0.15, 0.2) is 0 Å². The van der Waals surface area contributed by atoms with Gasteiger partial charge in [0.25, 0.3) is 0 Å². The van der Waals surface area contributed by atoms with E-state index >= 15 is 0 Å². The summed E-state index contributed by atoms with van der Waals surface area (Å²) in [6.07, 6.45) is 7.45. The predicted octanol–water partition coefficient (Wildman–Crippen LogP) is 4.56. The van der Waals surface area contributed by atoms with Crippen molar-refractivity contribution in [2.45, 2.75) is 51.6 Å². The number of nitrogens with one attached hydrogen (secondary N) is 1. The summed E-state index contributed by atoms with van der Waals surface area (Å²) in [7, 11) is 0. The summed E-state index contributed by atoms with van der Waals surface area (Å²) in [6, 6.07) is 7.04. The maximum absolute atomic E-state index is 6.04. The van der Waals surface area contributed by atoms with E-state index in [9.17, 15) is 0 Å². The van der Waals surface area contributed by atoms with Crippen molar-refractivity contribution in [1.29, 1.82) is 0 Å². The van der Waals surface area contributed by atoms with Gasteiger partial charge in [0.05, 0.1) is 0 Å². The maximum atomic E-state index is 6.04. The lowest BCUT2D eigenvalue weighted by Crippen LogP contribution is -2.39. The van der Waals surface area contributed by atoms with Crippen LogP contribution >= 0.6 is 11.6 Å². The number of hydrogen-bond donors (Lipinski definition) is 1. The minimum Gasteiger partial charge on any atom is -0.310 e. The molecule has 5 atom stereocenters. The molecule has 1 aromatic rings. The minimum atomic E-state index is 0.773. The van der Waals surface area contributed by atoms with Crippen LogP contribution in [0.3, 0.4) is 0 Å². The van der Waals surface area contributed by atoms with Crippen LogP contribution in [0.5, 0.6) is 0 Å². The first-order valence-corrected chi connectivity index (χ1v) is 8.58. The lowest BCUT2D eigenvalue weighted by atomic mass is 9.79. The quantitative estimate of drug-likeness (QED) is 0.860. The van der Waals surface area contributed by atoms with E-state index in [4.69, 9.17) is 11.6 Å². The molecule has 0 aromatic heterocycles. The summed E-state index contributed by atoms with van der Waals surface area (Å²) < 4.78 is 0. The number of rotatable bonds is 3. The van der Waals surface area contributed by atoms with Gasteiger partial charge in [-0.3, -0.25) is 0 Å². The Hall–Kier alpha value is -0.530. The molecule has 0 radical (unpaired) electrons. The molecule has 0 saturated heterocycles. The Bertz CT molecular complexity index is 512. The zero-order valence-corrected chi connectivity index (χ0v) is 13.0. The Morgan fingerprint density at radius 1 is 1.15 bits per heavy atom. The van der Waals surface area contributed by atoms with Crippen molar-refractivity contribution in [2.24, 2.45) is 23.7 Å². The van der Waals surface area contributed by atoms with Crippen LogP contribution in [0.4, 0.5) is 0 Å². The fraction of sp³-hybridized carbons (Fsp3) is 0.667. The normalized spacial score (nSPS) is 38.4. The Morgan fingerprint density at radius 2 is 2.00 bits per heavy atom. The van der Waals surface area contributed by atoms with Gasteiger partial charge in [-0.15, -0.1) is 0 Å². The summed E-state index contributed by atoms with van der Waals surface area (Å²) in [5.41, 5.74) is 2.71. The van der Waals surface area contributed by atoms with Gasteiger partial charge in [-0.25, -0.2) is 0 Å². The molecule has 108 valence electrons. The highest BCUT2D eigenvalue weighted by Gasteiger charge is 2.53. The van der Waals surface area contributed by atoms with Crippen LogP contribution in [0.15, 0.2) is 18.2 Å². The van der Waals surface area contributed by atoms with Gasteiger partial charge >= 0.3 is 0 Å². The zero-order chi connectivity index (χ0) is 13.7. The van der Waals surface area contributed by atoms with E-state index in [-0.39, 0.29) is 0 Å². The molecule has 0 heterocycles. The molecule has 5 unspecified atom stereocenters. The van der Waals surface area contributed by atoms with Gasteiger partial charge in [0, 0.05) is 17.6 Å². The molecule has 0 spiro atoms. The largest absolute Gasteiger partial charge is 0.310 e. The molecule has 1 aromatic carbocycles. The number of hydrogen-bond acceptors (Lipinski definition) is 1. The topological polar surface area (TPSA) is 12.0 Å². The van der Waals surface area contributed by atoms with Crippen molar-refractivity contribution in [1.82, 2.24) is 5.32 Å². The summed E-state index contributed by atoms with van der Waals surface area (Å²) >= 11 is 6.04. The first kappa shape index (κ1) is 13.2. The molecule has 1 nitrogen and oxygen atoms in total. The number of fused-ring (bicyclic) bond motifs is 5. The molecule has 4 rings (SSSR count). The van der Waals surface area contributed by atoms with Gasteiger partial charge in [-0.2, -0.15) is 0 Å². The number of aryl methyl sites for hydroxylation is 1. The van der Waals surface area contributed by atoms with Gasteiger partial charge in [-0.05, 0) is 79.5 Å². The molecular weight excluding hydrogens is 266 g/mol. The van der Waals surface area contributed by atoms with Crippen LogP contribution in [-0.2, 0) is 6.54 Å². The van der Waals surface area contributed by atoms with Crippen LogP contribution in [0.2, 0.25) is 5.02 Å². The minimum absolute atomic E-state index is 0.773. The number of halogens is 1. The fourth-order valence-electron chi connectivity index (χ4n) is 5.40. The van der Waals surface area contributed by atoms with Gasteiger partial charge in [0.2, 0.25) is 0 Å². The van der Waals surface area contributed by atoms with Gasteiger partial charge in [0.1, 0.15) is 0 Å². The van der Waals surface area contributed by atoms with Crippen LogP contribution in [0.1, 0.15) is 43.2 Å². The van der Waals surface area contributed by atoms with Crippen LogP contribution < -0.4 is 5.32 Å². The smallest absolute Gasteiger partial charge is 0.0408 e. The van der Waals surface area contributed by atoms with Crippen molar-refractivity contribution in [2.75, 3.05) is 0 Å². The third-order valence-electron chi connectivity index (χ3n) is 6.29. The van der Waals surface area contributed by atoms with Crippen molar-refractivity contribution in [3.8, 4) is 0 Å². The Labute approximate surface area is 127 Å². The molecule has 0 amide bonds. The van der Waals surface area contributed by atoms with E-state index in [0.717, 1.165) is 41.3 Å². The fourth-order valence-corrected chi connectivity index (χ4v) is 5.63. The van der Waals surface area contributed by atoms with Crippen molar-refractivity contribution < 1.29 is 0 Å². The standard InChI is InChI=1S/C18H24ClN/c1-11-7-14(19)6-5-12(11)10-20-18-9-13-8-17(18)16-4-2-3-15(13)16/h5-7,13,15-18,20H,2-4,8-10H2,1H3. The Morgan fingerprint density at radius 3 is 2.85 bits per heavy atom. The highest BCUT2D eigenvalue weighted by atomic mass is 35.5. The molecular formula is C18H24ClN. The molecule has 20 heavy (non-hydrogen) atoms. The second kappa shape index (κ2) is 5.03. The van der Waals surface area contributed by atoms with Gasteiger partial charge in [-0.1, -0.05) is 24.1 Å². The van der Waals surface area contributed by atoms with Crippen LogP contribution in [0, 0.1) is 30.6 Å². The molecule has 0 aliphatic heterocycles. The molecule has 3 fully saturated rings. The number of benzene rings is 1. The SMILES string of the molecule is Cc1cc(Cl)ccc1CNC1CC2CC1C1CCCC21. The van der Waals surface area contributed by atoms with E-state index in [1.165, 1.54) is 43.2 Å². The van der Waals surface area contributed by atoms with Gasteiger partial charge < -0.3 is 5.32 Å². The summed E-state index contributed by atoms with van der Waals surface area (Å²) in [5.74, 6) is 4.16. The highest BCUT2D eigenvalue weighted by molar-refractivity contribution is 6.30. The van der Waals surface area contributed by atoms with Crippen LogP contribution in [-0.4, -0.2) is 6.04 Å². The second-order valence-electron chi connectivity index (χ2n) is 7.21. The summed E-state index contributed by atoms with van der Waals surface area (Å²) in [4.78, 5) is 0.